The van der Waals surface area contributed by atoms with Gasteiger partial charge in [-0.25, -0.2) is 4.68 Å². The van der Waals surface area contributed by atoms with Gasteiger partial charge in [0.05, 0.1) is 27.0 Å². The minimum atomic E-state index is -0.278. The van der Waals surface area contributed by atoms with Crippen LogP contribution < -0.4 is 19.5 Å². The normalized spacial score (nSPS) is 15.5. The molecule has 4 rings (SSSR count). The van der Waals surface area contributed by atoms with Crippen molar-refractivity contribution in [1.82, 2.24) is 30.4 Å². The molecule has 0 bridgehead atoms. The molecule has 178 valence electrons. The van der Waals surface area contributed by atoms with Gasteiger partial charge in [-0.15, -0.1) is 5.10 Å². The smallest absolute Gasteiger partial charge is 0.254 e. The summed E-state index contributed by atoms with van der Waals surface area (Å²) in [5.74, 6) is 0.825. The lowest BCUT2D eigenvalue weighted by atomic mass is 10.0. The van der Waals surface area contributed by atoms with Crippen LogP contribution in [-0.2, 0) is 0 Å². The number of rotatable bonds is 7. The predicted molar refractivity (Wildman–Crippen MR) is 122 cm³/mol. The minimum Gasteiger partial charge on any atom is -0.493 e. The highest BCUT2D eigenvalue weighted by atomic mass is 16.5. The van der Waals surface area contributed by atoms with Gasteiger partial charge in [-0.05, 0) is 53.6 Å². The molecule has 11 nitrogen and oxygen atoms in total. The molecule has 11 heteroatoms. The number of nitrogens with one attached hydrogen (secondary N) is 1. The third-order valence-corrected chi connectivity index (χ3v) is 5.68. The van der Waals surface area contributed by atoms with E-state index in [-0.39, 0.29) is 17.9 Å². The van der Waals surface area contributed by atoms with Crippen molar-refractivity contribution in [2.45, 2.75) is 18.9 Å². The summed E-state index contributed by atoms with van der Waals surface area (Å²) in [7, 11) is 4.50. The van der Waals surface area contributed by atoms with E-state index in [4.69, 9.17) is 14.2 Å². The van der Waals surface area contributed by atoms with E-state index in [1.54, 1.807) is 35.2 Å². The summed E-state index contributed by atoms with van der Waals surface area (Å²) in [4.78, 5) is 27.9. The standard InChI is InChI=1S/C23H26N6O5/c1-32-19-11-16(12-20(33-2)21(19)34-3)22(30)25-17-7-5-9-28(13-17)23(31)15-6-4-8-18(10-15)29-14-24-26-27-29/h4,6,8,10-12,14,17H,5,7,9,13H2,1-3H3,(H,25,30). The van der Waals surface area contributed by atoms with Crippen molar-refractivity contribution in [1.29, 1.82) is 0 Å². The fourth-order valence-corrected chi connectivity index (χ4v) is 4.00. The number of ether oxygens (including phenoxy) is 3. The van der Waals surface area contributed by atoms with Crippen molar-refractivity contribution in [3.05, 3.63) is 53.9 Å². The van der Waals surface area contributed by atoms with Gasteiger partial charge in [0.1, 0.15) is 6.33 Å². The molecule has 2 amide bonds. The molecule has 1 aliphatic heterocycles. The van der Waals surface area contributed by atoms with Crippen LogP contribution in [0.3, 0.4) is 0 Å². The fourth-order valence-electron chi connectivity index (χ4n) is 4.00. The summed E-state index contributed by atoms with van der Waals surface area (Å²) < 4.78 is 17.5. The Morgan fingerprint density at radius 1 is 1.03 bits per heavy atom. The van der Waals surface area contributed by atoms with Crippen molar-refractivity contribution in [2.24, 2.45) is 0 Å². The summed E-state index contributed by atoms with van der Waals surface area (Å²) in [6, 6.07) is 10.1. The molecule has 2 heterocycles. The lowest BCUT2D eigenvalue weighted by Crippen LogP contribution is -2.49. The third-order valence-electron chi connectivity index (χ3n) is 5.68. The van der Waals surface area contributed by atoms with Crippen LogP contribution in [0.5, 0.6) is 17.2 Å². The summed E-state index contributed by atoms with van der Waals surface area (Å²) in [5.41, 5.74) is 1.61. The van der Waals surface area contributed by atoms with Crippen molar-refractivity contribution in [3.63, 3.8) is 0 Å². The number of nitrogens with zero attached hydrogens (tertiary/aromatic N) is 5. The first kappa shape index (κ1) is 23.0. The molecule has 1 unspecified atom stereocenters. The first-order chi connectivity index (χ1) is 16.5. The SMILES string of the molecule is COc1cc(C(=O)NC2CCCN(C(=O)c3cccc(-n4cnnn4)c3)C2)cc(OC)c1OC. The molecule has 0 aliphatic carbocycles. The van der Waals surface area contributed by atoms with Gasteiger partial charge in [-0.1, -0.05) is 6.07 Å². The Kier molecular flexibility index (Phi) is 6.90. The second-order valence-electron chi connectivity index (χ2n) is 7.78. The Balaban J connectivity index is 1.46. The number of hydrogen-bond donors (Lipinski definition) is 1. The van der Waals surface area contributed by atoms with Crippen LogP contribution in [-0.4, -0.2) is 77.4 Å². The molecule has 3 aromatic rings. The van der Waals surface area contributed by atoms with E-state index < -0.39 is 0 Å². The molecule has 1 aliphatic rings. The van der Waals surface area contributed by atoms with Crippen molar-refractivity contribution < 1.29 is 23.8 Å². The van der Waals surface area contributed by atoms with E-state index in [9.17, 15) is 9.59 Å². The Labute approximate surface area is 196 Å². The lowest BCUT2D eigenvalue weighted by Gasteiger charge is -2.33. The van der Waals surface area contributed by atoms with Crippen molar-refractivity contribution in [3.8, 4) is 22.9 Å². The van der Waals surface area contributed by atoms with Gasteiger partial charge in [0.25, 0.3) is 11.8 Å². The van der Waals surface area contributed by atoms with Crippen molar-refractivity contribution >= 4 is 11.8 Å². The minimum absolute atomic E-state index is 0.110. The molecule has 0 saturated carbocycles. The Morgan fingerprint density at radius 2 is 1.79 bits per heavy atom. The van der Waals surface area contributed by atoms with E-state index in [1.807, 2.05) is 6.07 Å². The lowest BCUT2D eigenvalue weighted by molar-refractivity contribution is 0.0676. The van der Waals surface area contributed by atoms with Crippen LogP contribution in [0.1, 0.15) is 33.6 Å². The summed E-state index contributed by atoms with van der Waals surface area (Å²) >= 11 is 0. The number of hydrogen-bond acceptors (Lipinski definition) is 8. The van der Waals surface area contributed by atoms with E-state index in [0.29, 0.717) is 47.2 Å². The van der Waals surface area contributed by atoms with Gasteiger partial charge in [0.2, 0.25) is 5.75 Å². The molecule has 34 heavy (non-hydrogen) atoms. The van der Waals surface area contributed by atoms with E-state index in [0.717, 1.165) is 12.8 Å². The summed E-state index contributed by atoms with van der Waals surface area (Å²) in [5, 5.41) is 14.2. The highest BCUT2D eigenvalue weighted by Crippen LogP contribution is 2.38. The van der Waals surface area contributed by atoms with Crippen LogP contribution in [0.2, 0.25) is 0 Å². The van der Waals surface area contributed by atoms with E-state index in [2.05, 4.69) is 20.8 Å². The molecule has 0 spiro atoms. The zero-order chi connectivity index (χ0) is 24.1. The maximum Gasteiger partial charge on any atom is 0.254 e. The van der Waals surface area contributed by atoms with Gasteiger partial charge in [0, 0.05) is 30.3 Å². The number of amides is 2. The molecule has 1 fully saturated rings. The van der Waals surface area contributed by atoms with Crippen LogP contribution >= 0.6 is 0 Å². The van der Waals surface area contributed by atoms with Gasteiger partial charge in [0.15, 0.2) is 11.5 Å². The summed E-state index contributed by atoms with van der Waals surface area (Å²) in [6.45, 7) is 1.02. The Morgan fingerprint density at radius 3 is 2.44 bits per heavy atom. The van der Waals surface area contributed by atoms with Gasteiger partial charge < -0.3 is 24.4 Å². The first-order valence-electron chi connectivity index (χ1n) is 10.8. The third kappa shape index (κ3) is 4.77. The average Bonchev–Trinajstić information content (AvgIpc) is 3.42. The van der Waals surface area contributed by atoms with Crippen LogP contribution in [0.4, 0.5) is 0 Å². The molecule has 1 saturated heterocycles. The molecule has 1 atom stereocenters. The maximum absolute atomic E-state index is 13.2. The van der Waals surface area contributed by atoms with Crippen LogP contribution in [0.15, 0.2) is 42.7 Å². The number of methoxy groups -OCH3 is 3. The van der Waals surface area contributed by atoms with Crippen LogP contribution in [0, 0.1) is 0 Å². The number of carbonyl (C=O) groups excluding carboxylic acids is 2. The Bertz CT molecular complexity index is 1140. The summed E-state index contributed by atoms with van der Waals surface area (Å²) in [6.07, 6.45) is 3.02. The molecule has 1 aromatic heterocycles. The predicted octanol–water partition coefficient (Wildman–Crippen LogP) is 1.72. The van der Waals surface area contributed by atoms with E-state index in [1.165, 1.54) is 32.3 Å². The number of carbonyl (C=O) groups is 2. The molecule has 0 radical (unpaired) electrons. The van der Waals surface area contributed by atoms with Gasteiger partial charge >= 0.3 is 0 Å². The first-order valence-corrected chi connectivity index (χ1v) is 10.8. The largest absolute Gasteiger partial charge is 0.493 e. The maximum atomic E-state index is 13.2. The number of tetrazole rings is 1. The van der Waals surface area contributed by atoms with Crippen molar-refractivity contribution in [2.75, 3.05) is 34.4 Å². The fraction of sp³-hybridized carbons (Fsp3) is 0.348. The zero-order valence-electron chi connectivity index (χ0n) is 19.2. The molecule has 2 aromatic carbocycles. The number of aromatic nitrogens is 4. The van der Waals surface area contributed by atoms with Gasteiger partial charge in [-0.3, -0.25) is 9.59 Å². The highest BCUT2D eigenvalue weighted by Gasteiger charge is 2.27. The topological polar surface area (TPSA) is 121 Å². The monoisotopic (exact) mass is 466 g/mol. The zero-order valence-corrected chi connectivity index (χ0v) is 19.2. The number of likely N-dealkylation sites (tertiary alicyclic amines) is 1. The van der Waals surface area contributed by atoms with Gasteiger partial charge in [-0.2, -0.15) is 0 Å². The van der Waals surface area contributed by atoms with E-state index >= 15 is 0 Å². The molecule has 1 N–H and O–H groups in total. The quantitative estimate of drug-likeness (QED) is 0.559. The Hall–Kier alpha value is -4.15. The molecular weight excluding hydrogens is 440 g/mol. The molecular formula is C23H26N6O5. The van der Waals surface area contributed by atoms with Crippen LogP contribution in [0.25, 0.3) is 5.69 Å². The second-order valence-corrected chi connectivity index (χ2v) is 7.78. The highest BCUT2D eigenvalue weighted by molar-refractivity contribution is 5.96. The number of piperidine rings is 1. The average molecular weight is 466 g/mol. The number of benzene rings is 2. The second kappa shape index (κ2) is 10.2.